The third-order valence-electron chi connectivity index (χ3n) is 3.17. The molecular weight excluding hydrogens is 394 g/mol. The zero-order valence-electron chi connectivity index (χ0n) is 11.9. The van der Waals surface area contributed by atoms with E-state index < -0.39 is 0 Å². The Morgan fingerprint density at radius 2 is 1.91 bits per heavy atom. The molecule has 0 bridgehead atoms. The van der Waals surface area contributed by atoms with Gasteiger partial charge in [-0.15, -0.1) is 0 Å². The quantitative estimate of drug-likeness (QED) is 0.599. The van der Waals surface area contributed by atoms with E-state index >= 15 is 0 Å². The van der Waals surface area contributed by atoms with E-state index in [1.165, 1.54) is 11.8 Å². The number of hydrogen-bond acceptors (Lipinski definition) is 4. The highest BCUT2D eigenvalue weighted by molar-refractivity contribution is 9.10. The number of thioether (sulfide) groups is 1. The van der Waals surface area contributed by atoms with Gasteiger partial charge in [0.2, 0.25) is 0 Å². The highest BCUT2D eigenvalue weighted by Gasteiger charge is 2.21. The van der Waals surface area contributed by atoms with Gasteiger partial charge in [-0.2, -0.15) is 0 Å². The summed E-state index contributed by atoms with van der Waals surface area (Å²) in [5.41, 5.74) is 2.02. The largest absolute Gasteiger partial charge is 0.489 e. The molecule has 116 valence electrons. The Hall–Kier alpha value is -1.63. The average Bonchev–Trinajstić information content (AvgIpc) is 2.85. The topological polar surface area (TPSA) is 38.3 Å². The van der Waals surface area contributed by atoms with Crippen LogP contribution < -0.4 is 10.1 Å². The maximum atomic E-state index is 11.6. The Morgan fingerprint density at radius 3 is 2.57 bits per heavy atom. The molecule has 0 atom stereocenters. The van der Waals surface area contributed by atoms with Crippen LogP contribution in [-0.4, -0.2) is 10.2 Å². The second kappa shape index (κ2) is 7.29. The summed E-state index contributed by atoms with van der Waals surface area (Å²) in [6, 6.07) is 15.6. The summed E-state index contributed by atoms with van der Waals surface area (Å²) in [6.45, 7) is 0.494. The molecule has 2 aromatic rings. The molecule has 1 N–H and O–H groups in total. The lowest BCUT2D eigenvalue weighted by Crippen LogP contribution is -2.17. The van der Waals surface area contributed by atoms with Gasteiger partial charge >= 0.3 is 0 Å². The average molecular weight is 406 g/mol. The van der Waals surface area contributed by atoms with Gasteiger partial charge in [-0.3, -0.25) is 4.79 Å². The van der Waals surface area contributed by atoms with Gasteiger partial charge in [0.25, 0.3) is 5.91 Å². The van der Waals surface area contributed by atoms with E-state index in [1.807, 2.05) is 54.6 Å². The van der Waals surface area contributed by atoms with E-state index in [-0.39, 0.29) is 5.91 Å². The van der Waals surface area contributed by atoms with Crippen LogP contribution in [0.25, 0.3) is 6.08 Å². The minimum absolute atomic E-state index is 0.144. The normalized spacial score (nSPS) is 15.8. The van der Waals surface area contributed by atoms with Crippen LogP contribution in [0.15, 0.2) is 57.9 Å². The van der Waals surface area contributed by atoms with Crippen LogP contribution >= 0.6 is 39.9 Å². The summed E-state index contributed by atoms with van der Waals surface area (Å²) < 4.78 is 7.30. The van der Waals surface area contributed by atoms with Gasteiger partial charge in [0.05, 0.1) is 4.91 Å². The molecule has 1 aliphatic rings. The predicted molar refractivity (Wildman–Crippen MR) is 101 cm³/mol. The number of halogens is 1. The van der Waals surface area contributed by atoms with Crippen molar-refractivity contribution in [3.05, 3.63) is 69.0 Å². The van der Waals surface area contributed by atoms with Crippen LogP contribution in [0.5, 0.6) is 5.75 Å². The highest BCUT2D eigenvalue weighted by Crippen LogP contribution is 2.26. The first-order valence-corrected chi connectivity index (χ1v) is 8.85. The molecule has 0 saturated carbocycles. The monoisotopic (exact) mass is 405 g/mol. The number of rotatable bonds is 4. The molecule has 2 aromatic carbocycles. The SMILES string of the molecule is O=C1NC(=S)S/C1=C/c1ccc(OCc2ccccc2Br)cc1. The van der Waals surface area contributed by atoms with Crippen LogP contribution in [-0.2, 0) is 11.4 Å². The number of thiocarbonyl (C=S) groups is 1. The van der Waals surface area contributed by atoms with E-state index in [0.717, 1.165) is 21.3 Å². The molecule has 0 radical (unpaired) electrons. The summed E-state index contributed by atoms with van der Waals surface area (Å²) in [5, 5.41) is 2.60. The Labute approximate surface area is 152 Å². The van der Waals surface area contributed by atoms with Crippen LogP contribution in [0.3, 0.4) is 0 Å². The maximum absolute atomic E-state index is 11.6. The Kier molecular flexibility index (Phi) is 5.15. The molecule has 6 heteroatoms. The number of hydrogen-bond donors (Lipinski definition) is 1. The van der Waals surface area contributed by atoms with Gasteiger partial charge in [-0.05, 0) is 29.8 Å². The van der Waals surface area contributed by atoms with Crippen molar-refractivity contribution in [3.8, 4) is 5.75 Å². The standard InChI is InChI=1S/C17H12BrNO2S2/c18-14-4-2-1-3-12(14)10-21-13-7-5-11(6-8-13)9-15-16(20)19-17(22)23-15/h1-9H,10H2,(H,19,20,22)/b15-9+. The molecule has 0 spiro atoms. The van der Waals surface area contributed by atoms with Gasteiger partial charge in [-0.25, -0.2) is 0 Å². The predicted octanol–water partition coefficient (Wildman–Crippen LogP) is 4.52. The van der Waals surface area contributed by atoms with Crippen molar-refractivity contribution in [2.24, 2.45) is 0 Å². The summed E-state index contributed by atoms with van der Waals surface area (Å²) >= 11 is 9.75. The van der Waals surface area contributed by atoms with Crippen molar-refractivity contribution >= 4 is 56.2 Å². The lowest BCUT2D eigenvalue weighted by Gasteiger charge is -2.08. The third-order valence-corrected chi connectivity index (χ3v) is 5.11. The molecule has 1 fully saturated rings. The Balaban J connectivity index is 1.66. The minimum atomic E-state index is -0.144. The fourth-order valence-corrected chi connectivity index (χ4v) is 3.45. The van der Waals surface area contributed by atoms with Crippen LogP contribution in [0, 0.1) is 0 Å². The maximum Gasteiger partial charge on any atom is 0.263 e. The van der Waals surface area contributed by atoms with Gasteiger partial charge in [0, 0.05) is 10.0 Å². The molecule has 3 rings (SSSR count). The summed E-state index contributed by atoms with van der Waals surface area (Å²) in [5.74, 6) is 0.635. The summed E-state index contributed by atoms with van der Waals surface area (Å²) in [6.07, 6.45) is 1.82. The number of nitrogens with one attached hydrogen (secondary N) is 1. The fourth-order valence-electron chi connectivity index (χ4n) is 2.01. The first-order valence-electron chi connectivity index (χ1n) is 6.83. The molecule has 0 aromatic heterocycles. The molecule has 0 aliphatic carbocycles. The van der Waals surface area contributed by atoms with E-state index in [1.54, 1.807) is 0 Å². The zero-order chi connectivity index (χ0) is 16.2. The molecule has 0 unspecified atom stereocenters. The number of amides is 1. The second-order valence-corrected chi connectivity index (χ2v) is 7.37. The van der Waals surface area contributed by atoms with E-state index in [2.05, 4.69) is 21.2 Å². The molecule has 1 heterocycles. The first-order chi connectivity index (χ1) is 11.1. The van der Waals surface area contributed by atoms with Crippen LogP contribution in [0.4, 0.5) is 0 Å². The number of benzene rings is 2. The molecule has 1 amide bonds. The van der Waals surface area contributed by atoms with Gasteiger partial charge in [0.15, 0.2) is 0 Å². The van der Waals surface area contributed by atoms with Crippen molar-refractivity contribution in [1.29, 1.82) is 0 Å². The van der Waals surface area contributed by atoms with E-state index in [9.17, 15) is 4.79 Å². The smallest absolute Gasteiger partial charge is 0.263 e. The molecular formula is C17H12BrNO2S2. The van der Waals surface area contributed by atoms with Crippen molar-refractivity contribution in [1.82, 2.24) is 5.32 Å². The van der Waals surface area contributed by atoms with Crippen molar-refractivity contribution in [2.45, 2.75) is 6.61 Å². The molecule has 23 heavy (non-hydrogen) atoms. The van der Waals surface area contributed by atoms with E-state index in [0.29, 0.717) is 15.8 Å². The van der Waals surface area contributed by atoms with E-state index in [4.69, 9.17) is 17.0 Å². The number of carbonyl (C=O) groups is 1. The molecule has 3 nitrogen and oxygen atoms in total. The van der Waals surface area contributed by atoms with Crippen molar-refractivity contribution < 1.29 is 9.53 Å². The first kappa shape index (κ1) is 16.2. The van der Waals surface area contributed by atoms with Crippen molar-refractivity contribution in [2.75, 3.05) is 0 Å². The van der Waals surface area contributed by atoms with Gasteiger partial charge in [-0.1, -0.05) is 70.2 Å². The number of carbonyl (C=O) groups excluding carboxylic acids is 1. The Bertz CT molecular complexity index is 787. The lowest BCUT2D eigenvalue weighted by molar-refractivity contribution is -0.115. The second-order valence-electron chi connectivity index (χ2n) is 4.80. The zero-order valence-corrected chi connectivity index (χ0v) is 15.1. The lowest BCUT2D eigenvalue weighted by atomic mass is 10.2. The Morgan fingerprint density at radius 1 is 1.17 bits per heavy atom. The molecule has 1 aliphatic heterocycles. The minimum Gasteiger partial charge on any atom is -0.489 e. The van der Waals surface area contributed by atoms with Gasteiger partial charge in [0.1, 0.15) is 16.7 Å². The number of ether oxygens (including phenoxy) is 1. The highest BCUT2D eigenvalue weighted by atomic mass is 79.9. The third kappa shape index (κ3) is 4.22. The fraction of sp³-hybridized carbons (Fsp3) is 0.0588. The van der Waals surface area contributed by atoms with Crippen LogP contribution in [0.2, 0.25) is 0 Å². The van der Waals surface area contributed by atoms with Crippen LogP contribution in [0.1, 0.15) is 11.1 Å². The van der Waals surface area contributed by atoms with Crippen molar-refractivity contribution in [3.63, 3.8) is 0 Å². The van der Waals surface area contributed by atoms with Gasteiger partial charge < -0.3 is 10.1 Å². The summed E-state index contributed by atoms with van der Waals surface area (Å²) in [7, 11) is 0. The molecule has 1 saturated heterocycles. The summed E-state index contributed by atoms with van der Waals surface area (Å²) in [4.78, 5) is 12.2.